The fourth-order valence-corrected chi connectivity index (χ4v) is 4.16. The number of hydrogen-bond donors (Lipinski definition) is 3. The predicted octanol–water partition coefficient (Wildman–Crippen LogP) is 4.17. The van der Waals surface area contributed by atoms with Gasteiger partial charge in [-0.25, -0.2) is 0 Å². The van der Waals surface area contributed by atoms with Gasteiger partial charge in [-0.05, 0) is 47.8 Å². The maximum atomic E-state index is 12.5. The van der Waals surface area contributed by atoms with Gasteiger partial charge in [0.05, 0.1) is 12.1 Å². The maximum Gasteiger partial charge on any atom is 0.416 e. The number of carbonyl (C=O) groups excluding carboxylic acids is 2. The van der Waals surface area contributed by atoms with Crippen molar-refractivity contribution in [2.24, 2.45) is 0 Å². The van der Waals surface area contributed by atoms with Crippen LogP contribution in [0.4, 0.5) is 18.9 Å². The summed E-state index contributed by atoms with van der Waals surface area (Å²) in [5.41, 5.74) is -0.770. The maximum absolute atomic E-state index is 12.5. The Morgan fingerprint density at radius 2 is 1.72 bits per heavy atom. The highest BCUT2D eigenvalue weighted by molar-refractivity contribution is 7.12. The fourth-order valence-electron chi connectivity index (χ4n) is 2.40. The summed E-state index contributed by atoms with van der Waals surface area (Å²) in [5, 5.41) is 16.8. The lowest BCUT2D eigenvalue weighted by Gasteiger charge is -2.09. The summed E-state index contributed by atoms with van der Waals surface area (Å²) in [5.74, 6) is -1.90. The zero-order valence-corrected chi connectivity index (χ0v) is 16.3. The van der Waals surface area contributed by atoms with Crippen molar-refractivity contribution in [2.45, 2.75) is 18.8 Å². The molecule has 3 aromatic rings. The van der Waals surface area contributed by atoms with Crippen LogP contribution >= 0.6 is 22.7 Å². The third-order valence-electron chi connectivity index (χ3n) is 3.86. The number of alkyl halides is 3. The molecule has 0 aliphatic heterocycles. The molecule has 1 aromatic carbocycles. The van der Waals surface area contributed by atoms with Crippen molar-refractivity contribution in [1.82, 2.24) is 5.32 Å². The molecule has 0 fully saturated rings. The average molecular weight is 440 g/mol. The van der Waals surface area contributed by atoms with Crippen LogP contribution in [0.1, 0.15) is 26.3 Å². The molecule has 2 amide bonds. The largest absolute Gasteiger partial charge is 0.416 e. The molecule has 1 unspecified atom stereocenters. The predicted molar refractivity (Wildman–Crippen MR) is 105 cm³/mol. The zero-order chi connectivity index (χ0) is 21.0. The summed E-state index contributed by atoms with van der Waals surface area (Å²) >= 11 is 2.74. The number of aliphatic hydroxyl groups is 1. The lowest BCUT2D eigenvalue weighted by Crippen LogP contribution is -2.34. The van der Waals surface area contributed by atoms with Crippen molar-refractivity contribution in [3.8, 4) is 0 Å². The molecule has 10 heteroatoms. The van der Waals surface area contributed by atoms with Crippen LogP contribution in [0.2, 0.25) is 0 Å². The number of carbonyl (C=O) groups is 2. The summed E-state index contributed by atoms with van der Waals surface area (Å²) < 4.78 is 37.6. The SMILES string of the molecule is O=C(NCc1ccc(C(O)c2cccs2)s1)C(=O)Nc1ccc(C(F)(F)F)cc1. The minimum absolute atomic E-state index is 0.0793. The number of halogens is 3. The Morgan fingerprint density at radius 3 is 2.34 bits per heavy atom. The molecule has 3 N–H and O–H groups in total. The van der Waals surface area contributed by atoms with Gasteiger partial charge in [0, 0.05) is 20.3 Å². The highest BCUT2D eigenvalue weighted by Crippen LogP contribution is 2.31. The first kappa shape index (κ1) is 21.0. The van der Waals surface area contributed by atoms with E-state index in [0.29, 0.717) is 4.88 Å². The van der Waals surface area contributed by atoms with Gasteiger partial charge in [-0.3, -0.25) is 9.59 Å². The lowest BCUT2D eigenvalue weighted by atomic mass is 10.2. The van der Waals surface area contributed by atoms with Crippen LogP contribution in [-0.2, 0) is 22.3 Å². The van der Waals surface area contributed by atoms with Gasteiger partial charge in [-0.1, -0.05) is 6.07 Å². The Kier molecular flexibility index (Phi) is 6.36. The molecule has 2 aromatic heterocycles. The van der Waals surface area contributed by atoms with E-state index in [1.807, 2.05) is 17.5 Å². The van der Waals surface area contributed by atoms with E-state index in [1.165, 1.54) is 22.7 Å². The molecule has 0 saturated heterocycles. The Labute approximate surface area is 171 Å². The number of benzene rings is 1. The standard InChI is InChI=1S/C19H15F3N2O3S2/c20-19(21,22)11-3-5-12(6-4-11)24-18(27)17(26)23-10-13-7-8-15(29-13)16(25)14-2-1-9-28-14/h1-9,16,25H,10H2,(H,23,26)(H,24,27). The zero-order valence-electron chi connectivity index (χ0n) is 14.7. The van der Waals surface area contributed by atoms with Gasteiger partial charge in [-0.2, -0.15) is 13.2 Å². The van der Waals surface area contributed by atoms with Crippen LogP contribution in [0, 0.1) is 0 Å². The van der Waals surface area contributed by atoms with Gasteiger partial charge in [-0.15, -0.1) is 22.7 Å². The van der Waals surface area contributed by atoms with E-state index < -0.39 is 29.7 Å². The Morgan fingerprint density at radius 1 is 1.00 bits per heavy atom. The Hall–Kier alpha value is -2.69. The molecule has 152 valence electrons. The quantitative estimate of drug-likeness (QED) is 0.521. The normalized spacial score (nSPS) is 12.4. The molecule has 29 heavy (non-hydrogen) atoms. The van der Waals surface area contributed by atoms with Crippen molar-refractivity contribution < 1.29 is 27.9 Å². The molecule has 0 aliphatic carbocycles. The minimum atomic E-state index is -4.48. The van der Waals surface area contributed by atoms with E-state index in [2.05, 4.69) is 10.6 Å². The molecular weight excluding hydrogens is 425 g/mol. The van der Waals surface area contributed by atoms with Crippen molar-refractivity contribution in [3.63, 3.8) is 0 Å². The number of anilines is 1. The van der Waals surface area contributed by atoms with Crippen LogP contribution in [0.15, 0.2) is 53.9 Å². The van der Waals surface area contributed by atoms with Crippen molar-refractivity contribution in [2.75, 3.05) is 5.32 Å². The topological polar surface area (TPSA) is 78.4 Å². The first-order valence-corrected chi connectivity index (χ1v) is 10.00. The summed E-state index contributed by atoms with van der Waals surface area (Å²) in [7, 11) is 0. The molecule has 5 nitrogen and oxygen atoms in total. The average Bonchev–Trinajstić information content (AvgIpc) is 3.37. The minimum Gasteiger partial charge on any atom is -0.382 e. The molecule has 0 aliphatic rings. The van der Waals surface area contributed by atoms with Crippen molar-refractivity contribution >= 4 is 40.2 Å². The monoisotopic (exact) mass is 440 g/mol. The molecule has 0 bridgehead atoms. The second-order valence-electron chi connectivity index (χ2n) is 5.93. The number of thiophene rings is 2. The molecule has 0 radical (unpaired) electrons. The fraction of sp³-hybridized carbons (Fsp3) is 0.158. The Balaban J connectivity index is 1.52. The summed E-state index contributed by atoms with van der Waals surface area (Å²) in [4.78, 5) is 26.1. The van der Waals surface area contributed by atoms with Crippen LogP contribution in [0.25, 0.3) is 0 Å². The van der Waals surface area contributed by atoms with Gasteiger partial charge in [0.15, 0.2) is 0 Å². The van der Waals surface area contributed by atoms with Crippen LogP contribution < -0.4 is 10.6 Å². The van der Waals surface area contributed by atoms with Crippen LogP contribution in [-0.4, -0.2) is 16.9 Å². The number of nitrogens with one attached hydrogen (secondary N) is 2. The van der Waals surface area contributed by atoms with Gasteiger partial charge in [0.25, 0.3) is 0 Å². The highest BCUT2D eigenvalue weighted by Gasteiger charge is 2.30. The van der Waals surface area contributed by atoms with Crippen LogP contribution in [0.5, 0.6) is 0 Å². The van der Waals surface area contributed by atoms with Crippen LogP contribution in [0.3, 0.4) is 0 Å². The van der Waals surface area contributed by atoms with Crippen molar-refractivity contribution in [1.29, 1.82) is 0 Å². The summed E-state index contributed by atoms with van der Waals surface area (Å²) in [6.45, 7) is 0.0844. The number of amides is 2. The second-order valence-corrected chi connectivity index (χ2v) is 8.11. The third kappa shape index (κ3) is 5.43. The lowest BCUT2D eigenvalue weighted by molar-refractivity contribution is -0.137. The van der Waals surface area contributed by atoms with E-state index in [-0.39, 0.29) is 12.2 Å². The number of rotatable bonds is 5. The highest BCUT2D eigenvalue weighted by atomic mass is 32.1. The molecule has 3 rings (SSSR count). The molecule has 0 saturated carbocycles. The van der Waals surface area contributed by atoms with E-state index >= 15 is 0 Å². The first-order chi connectivity index (χ1) is 13.7. The first-order valence-electron chi connectivity index (χ1n) is 8.30. The number of hydrogen-bond acceptors (Lipinski definition) is 5. The van der Waals surface area contributed by atoms with Gasteiger partial charge >= 0.3 is 18.0 Å². The van der Waals surface area contributed by atoms with Gasteiger partial charge in [0.2, 0.25) is 0 Å². The summed E-state index contributed by atoms with van der Waals surface area (Å²) in [6, 6.07) is 10.9. The summed E-state index contributed by atoms with van der Waals surface area (Å²) in [6.07, 6.45) is -5.22. The van der Waals surface area contributed by atoms with Crippen molar-refractivity contribution in [3.05, 3.63) is 74.1 Å². The van der Waals surface area contributed by atoms with E-state index in [1.54, 1.807) is 12.1 Å². The number of aliphatic hydroxyl groups excluding tert-OH is 1. The van der Waals surface area contributed by atoms with E-state index in [9.17, 15) is 27.9 Å². The molecule has 0 spiro atoms. The molecule has 1 atom stereocenters. The van der Waals surface area contributed by atoms with E-state index in [4.69, 9.17) is 0 Å². The second kappa shape index (κ2) is 8.76. The van der Waals surface area contributed by atoms with E-state index in [0.717, 1.165) is 34.0 Å². The Bertz CT molecular complexity index is 983. The van der Waals surface area contributed by atoms with Gasteiger partial charge in [0.1, 0.15) is 6.10 Å². The van der Waals surface area contributed by atoms with Gasteiger partial charge < -0.3 is 15.7 Å². The third-order valence-corrected chi connectivity index (χ3v) is 5.93. The smallest absolute Gasteiger partial charge is 0.382 e. The molecule has 2 heterocycles. The molecular formula is C19H15F3N2O3S2.